The first-order chi connectivity index (χ1) is 11.7. The number of carbonyl (C=O) groups excluding carboxylic acids is 2. The Morgan fingerprint density at radius 2 is 1.88 bits per heavy atom. The van der Waals surface area contributed by atoms with Gasteiger partial charge in [-0.15, -0.1) is 0 Å². The number of hydrogen-bond donors (Lipinski definition) is 3. The van der Waals surface area contributed by atoms with E-state index in [0.29, 0.717) is 18.3 Å². The van der Waals surface area contributed by atoms with Crippen molar-refractivity contribution in [1.29, 1.82) is 0 Å². The lowest BCUT2D eigenvalue weighted by Gasteiger charge is -2.24. The molecule has 25 heavy (non-hydrogen) atoms. The van der Waals surface area contributed by atoms with E-state index in [9.17, 15) is 14.7 Å². The summed E-state index contributed by atoms with van der Waals surface area (Å²) >= 11 is 3.28. The smallest absolute Gasteiger partial charge is 0.407 e. The number of nitrogens with one attached hydrogen (secondary N) is 2. The van der Waals surface area contributed by atoms with E-state index >= 15 is 0 Å². The summed E-state index contributed by atoms with van der Waals surface area (Å²) in [5, 5.41) is 16.3. The average Bonchev–Trinajstić information content (AvgIpc) is 3.05. The Kier molecular flexibility index (Phi) is 9.79. The second kappa shape index (κ2) is 11.0. The largest absolute Gasteiger partial charge is 0.444 e. The Morgan fingerprint density at radius 1 is 1.24 bits per heavy atom. The zero-order valence-electron chi connectivity index (χ0n) is 15.6. The highest BCUT2D eigenvalue weighted by Gasteiger charge is 2.27. The Bertz CT molecular complexity index is 420. The average molecular weight is 421 g/mol. The van der Waals surface area contributed by atoms with Crippen molar-refractivity contribution in [2.75, 3.05) is 11.9 Å². The molecule has 0 bridgehead atoms. The van der Waals surface area contributed by atoms with Crippen LogP contribution in [0, 0.1) is 5.92 Å². The van der Waals surface area contributed by atoms with Crippen LogP contribution in [0.3, 0.4) is 0 Å². The summed E-state index contributed by atoms with van der Waals surface area (Å²) in [7, 11) is 0. The number of aliphatic hydroxyl groups excluding tert-OH is 1. The van der Waals surface area contributed by atoms with Crippen molar-refractivity contribution in [2.24, 2.45) is 5.92 Å². The third kappa shape index (κ3) is 9.45. The monoisotopic (exact) mass is 420 g/mol. The number of unbranched alkanes of at least 4 members (excludes halogenated alkanes) is 1. The van der Waals surface area contributed by atoms with Crippen molar-refractivity contribution in [3.05, 3.63) is 0 Å². The number of halogens is 1. The Balaban J connectivity index is 2.28. The molecule has 1 aliphatic rings. The molecule has 6 nitrogen and oxygen atoms in total. The van der Waals surface area contributed by atoms with Crippen molar-refractivity contribution in [3.8, 4) is 0 Å². The first-order valence-corrected chi connectivity index (χ1v) is 10.4. The molecule has 7 heteroatoms. The lowest BCUT2D eigenvalue weighted by atomic mass is 10.0. The molecule has 0 aromatic carbocycles. The maximum Gasteiger partial charge on any atom is 0.407 e. The number of rotatable bonds is 9. The number of ether oxygens (including phenoxy) is 1. The first-order valence-electron chi connectivity index (χ1n) is 9.24. The summed E-state index contributed by atoms with van der Waals surface area (Å²) in [4.78, 5) is 23.8. The molecule has 0 heterocycles. The van der Waals surface area contributed by atoms with Gasteiger partial charge < -0.3 is 20.5 Å². The SMILES string of the molecule is CC(C)(C)OC(=O)NCCCC[C@H](NC(=O)C1CCCC1)C(O)CBr. The number of hydrogen-bond acceptors (Lipinski definition) is 4. The molecule has 0 aromatic rings. The maximum absolute atomic E-state index is 12.3. The van der Waals surface area contributed by atoms with E-state index in [0.717, 1.165) is 38.5 Å². The highest BCUT2D eigenvalue weighted by molar-refractivity contribution is 9.09. The quantitative estimate of drug-likeness (QED) is 0.394. The van der Waals surface area contributed by atoms with Crippen LogP contribution in [0.4, 0.5) is 4.79 Å². The minimum Gasteiger partial charge on any atom is -0.444 e. The van der Waals surface area contributed by atoms with Crippen molar-refractivity contribution in [3.63, 3.8) is 0 Å². The molecule has 0 spiro atoms. The van der Waals surface area contributed by atoms with E-state index in [1.807, 2.05) is 20.8 Å². The van der Waals surface area contributed by atoms with Crippen molar-refractivity contribution in [1.82, 2.24) is 10.6 Å². The molecule has 0 radical (unpaired) electrons. The van der Waals surface area contributed by atoms with Gasteiger partial charge in [0.05, 0.1) is 12.1 Å². The Morgan fingerprint density at radius 3 is 2.44 bits per heavy atom. The van der Waals surface area contributed by atoms with Crippen LogP contribution in [0.1, 0.15) is 65.7 Å². The molecule has 1 fully saturated rings. The number of amides is 2. The normalized spacial score (nSPS) is 17.8. The summed E-state index contributed by atoms with van der Waals surface area (Å²) in [6, 6.07) is -0.256. The topological polar surface area (TPSA) is 87.7 Å². The van der Waals surface area contributed by atoms with Gasteiger partial charge in [-0.05, 0) is 52.9 Å². The zero-order valence-corrected chi connectivity index (χ0v) is 17.2. The minimum atomic E-state index is -0.607. The summed E-state index contributed by atoms with van der Waals surface area (Å²) in [6.07, 6.45) is 5.34. The fraction of sp³-hybridized carbons (Fsp3) is 0.889. The van der Waals surface area contributed by atoms with E-state index in [-0.39, 0.29) is 17.9 Å². The number of alkyl halides is 1. The number of aliphatic hydroxyl groups is 1. The van der Waals surface area contributed by atoms with Crippen LogP contribution in [0.2, 0.25) is 0 Å². The molecule has 146 valence electrons. The molecule has 1 unspecified atom stereocenters. The highest BCUT2D eigenvalue weighted by Crippen LogP contribution is 2.25. The molecule has 2 atom stereocenters. The van der Waals surface area contributed by atoms with Gasteiger partial charge in [-0.3, -0.25) is 4.79 Å². The molecule has 3 N–H and O–H groups in total. The van der Waals surface area contributed by atoms with Crippen molar-refractivity contribution in [2.45, 2.75) is 83.5 Å². The third-order valence-electron chi connectivity index (χ3n) is 4.29. The highest BCUT2D eigenvalue weighted by atomic mass is 79.9. The second-order valence-corrected chi connectivity index (χ2v) is 8.39. The lowest BCUT2D eigenvalue weighted by molar-refractivity contribution is -0.126. The molecule has 1 aliphatic carbocycles. The fourth-order valence-electron chi connectivity index (χ4n) is 2.95. The molecule has 0 saturated heterocycles. The summed E-state index contributed by atoms with van der Waals surface area (Å²) in [5.74, 6) is 0.160. The zero-order chi connectivity index (χ0) is 18.9. The van der Waals surface area contributed by atoms with E-state index in [1.54, 1.807) is 0 Å². The molecular formula is C18H33BrN2O4. The standard InChI is InChI=1S/C18H33BrN2O4/c1-18(2,3)25-17(24)20-11-7-6-10-14(15(22)12-19)21-16(23)13-8-4-5-9-13/h13-15,22H,4-12H2,1-3H3,(H,20,24)(H,21,23)/t14-,15?/m0/s1. The van der Waals surface area contributed by atoms with Gasteiger partial charge in [-0.2, -0.15) is 0 Å². The van der Waals surface area contributed by atoms with Crippen LogP contribution in [0.15, 0.2) is 0 Å². The summed E-state index contributed by atoms with van der Waals surface area (Å²) in [6.45, 7) is 5.99. The fourth-order valence-corrected chi connectivity index (χ4v) is 3.40. The van der Waals surface area contributed by atoms with Gasteiger partial charge in [-0.1, -0.05) is 28.8 Å². The van der Waals surface area contributed by atoms with Gasteiger partial charge in [0.1, 0.15) is 5.60 Å². The Labute approximate surface area is 159 Å². The summed E-state index contributed by atoms with van der Waals surface area (Å²) in [5.41, 5.74) is -0.500. The van der Waals surface area contributed by atoms with Crippen LogP contribution < -0.4 is 10.6 Å². The maximum atomic E-state index is 12.3. The van der Waals surface area contributed by atoms with Crippen LogP contribution in [-0.4, -0.2) is 46.7 Å². The van der Waals surface area contributed by atoms with Crippen LogP contribution in [0.5, 0.6) is 0 Å². The van der Waals surface area contributed by atoms with Crippen molar-refractivity contribution >= 4 is 27.9 Å². The van der Waals surface area contributed by atoms with Gasteiger partial charge in [0.25, 0.3) is 0 Å². The van der Waals surface area contributed by atoms with Crippen molar-refractivity contribution < 1.29 is 19.4 Å². The number of carbonyl (C=O) groups is 2. The van der Waals surface area contributed by atoms with Crippen LogP contribution in [0.25, 0.3) is 0 Å². The van der Waals surface area contributed by atoms with E-state index in [2.05, 4.69) is 26.6 Å². The van der Waals surface area contributed by atoms with Gasteiger partial charge >= 0.3 is 6.09 Å². The molecule has 1 saturated carbocycles. The van der Waals surface area contributed by atoms with Gasteiger partial charge in [0, 0.05) is 17.8 Å². The molecule has 2 amide bonds. The molecular weight excluding hydrogens is 388 g/mol. The second-order valence-electron chi connectivity index (χ2n) is 7.74. The first kappa shape index (κ1) is 22.2. The van der Waals surface area contributed by atoms with E-state index < -0.39 is 17.8 Å². The lowest BCUT2D eigenvalue weighted by Crippen LogP contribution is -2.46. The van der Waals surface area contributed by atoms with Gasteiger partial charge in [-0.25, -0.2) is 4.79 Å². The van der Waals surface area contributed by atoms with Crippen LogP contribution >= 0.6 is 15.9 Å². The molecule has 0 aliphatic heterocycles. The number of alkyl carbamates (subject to hydrolysis) is 1. The van der Waals surface area contributed by atoms with Gasteiger partial charge in [0.15, 0.2) is 0 Å². The third-order valence-corrected chi connectivity index (χ3v) is 4.95. The minimum absolute atomic E-state index is 0.0642. The molecule has 0 aromatic heterocycles. The van der Waals surface area contributed by atoms with Crippen LogP contribution in [-0.2, 0) is 9.53 Å². The predicted octanol–water partition coefficient (Wildman–Crippen LogP) is 3.11. The van der Waals surface area contributed by atoms with Gasteiger partial charge in [0.2, 0.25) is 5.91 Å². The molecule has 1 rings (SSSR count). The Hall–Kier alpha value is -0.820. The summed E-state index contributed by atoms with van der Waals surface area (Å²) < 4.78 is 5.18. The van der Waals surface area contributed by atoms with E-state index in [1.165, 1.54) is 0 Å². The van der Waals surface area contributed by atoms with E-state index in [4.69, 9.17) is 4.74 Å². The predicted molar refractivity (Wildman–Crippen MR) is 102 cm³/mol.